The lowest BCUT2D eigenvalue weighted by Crippen LogP contribution is -2.62. The van der Waals surface area contributed by atoms with E-state index in [0.29, 0.717) is 26.2 Å². The third-order valence-corrected chi connectivity index (χ3v) is 6.41. The minimum atomic E-state index is -1.54. The Labute approximate surface area is 190 Å². The molecule has 0 spiro atoms. The Morgan fingerprint density at radius 3 is 2.30 bits per heavy atom. The van der Waals surface area contributed by atoms with Gasteiger partial charge in [0.25, 0.3) is 0 Å². The largest absolute Gasteiger partial charge is 0.362 e. The summed E-state index contributed by atoms with van der Waals surface area (Å²) in [7, 11) is 0. The van der Waals surface area contributed by atoms with Crippen molar-refractivity contribution in [3.05, 3.63) is 111 Å². The number of pyridine rings is 1. The first-order chi connectivity index (χ1) is 14.5. The lowest BCUT2D eigenvalue weighted by atomic mass is 9.75. The predicted octanol–water partition coefficient (Wildman–Crippen LogP) is 4.72. The maximum atomic E-state index is 12.0. The Morgan fingerprint density at radius 2 is 1.67 bits per heavy atom. The third kappa shape index (κ3) is 3.57. The Morgan fingerprint density at radius 1 is 1.00 bits per heavy atom. The molecule has 1 aliphatic heterocycles. The summed E-state index contributed by atoms with van der Waals surface area (Å²) in [5, 5.41) is 26.2. The van der Waals surface area contributed by atoms with Gasteiger partial charge in [0.1, 0.15) is 0 Å². The molecule has 150 valence electrons. The lowest BCUT2D eigenvalue weighted by molar-refractivity contribution is -0.743. The monoisotopic (exact) mass is 454 g/mol. The minimum Gasteiger partial charge on any atom is -0.362 e. The molecule has 0 radical (unpaired) electrons. The average Bonchev–Trinajstić information content (AvgIpc) is 2.76. The topological polar surface area (TPSA) is 59.9 Å². The second-order valence-corrected chi connectivity index (χ2v) is 8.31. The van der Waals surface area contributed by atoms with Crippen LogP contribution in [0.4, 0.5) is 0 Å². The summed E-state index contributed by atoms with van der Waals surface area (Å²) < 4.78 is 1.89. The first-order valence-electron chi connectivity index (χ1n) is 9.25. The van der Waals surface area contributed by atoms with Gasteiger partial charge < -0.3 is 10.4 Å². The van der Waals surface area contributed by atoms with Crippen LogP contribution in [-0.2, 0) is 5.72 Å². The van der Waals surface area contributed by atoms with E-state index < -0.39 is 17.7 Å². The van der Waals surface area contributed by atoms with Gasteiger partial charge in [0.2, 0.25) is 11.8 Å². The summed E-state index contributed by atoms with van der Waals surface area (Å²) in [6.45, 7) is 0. The maximum Gasteiger partial charge on any atom is 0.227 e. The smallest absolute Gasteiger partial charge is 0.227 e. The van der Waals surface area contributed by atoms with Crippen molar-refractivity contribution in [1.29, 1.82) is 5.26 Å². The molecule has 2 N–H and O–H groups in total. The molecule has 3 aromatic rings. The fourth-order valence-corrected chi connectivity index (χ4v) is 4.63. The van der Waals surface area contributed by atoms with E-state index in [1.807, 2.05) is 71.6 Å². The fourth-order valence-electron chi connectivity index (χ4n) is 3.97. The van der Waals surface area contributed by atoms with Gasteiger partial charge in [0, 0.05) is 17.7 Å². The van der Waals surface area contributed by atoms with Crippen LogP contribution in [-0.4, -0.2) is 5.11 Å². The van der Waals surface area contributed by atoms with Gasteiger partial charge in [0.05, 0.1) is 32.6 Å². The van der Waals surface area contributed by atoms with E-state index in [9.17, 15) is 10.4 Å². The number of halogens is 2. The number of aromatic nitrogens is 1. The first-order valence-corrected chi connectivity index (χ1v) is 10.5. The maximum absolute atomic E-state index is 12.0. The van der Waals surface area contributed by atoms with Gasteiger partial charge in [-0.2, -0.15) is 9.83 Å². The summed E-state index contributed by atoms with van der Waals surface area (Å²) in [5.41, 5.74) is 0.268. The molecule has 30 heavy (non-hydrogen) atoms. The zero-order chi connectivity index (χ0) is 21.3. The zero-order valence-electron chi connectivity index (χ0n) is 15.7. The molecule has 0 bridgehead atoms. The highest BCUT2D eigenvalue weighted by Crippen LogP contribution is 2.48. The van der Waals surface area contributed by atoms with E-state index in [4.69, 9.17) is 23.2 Å². The molecule has 2 aromatic carbocycles. The van der Waals surface area contributed by atoms with Crippen molar-refractivity contribution in [3.63, 3.8) is 0 Å². The normalized spacial score (nSPS) is 23.6. The van der Waals surface area contributed by atoms with Crippen LogP contribution in [0.5, 0.6) is 0 Å². The van der Waals surface area contributed by atoms with Crippen LogP contribution in [0.15, 0.2) is 89.7 Å². The van der Waals surface area contributed by atoms with Crippen LogP contribution in [0.25, 0.3) is 0 Å². The Bertz CT molecular complexity index is 1150. The van der Waals surface area contributed by atoms with E-state index in [-0.39, 0.29) is 0 Å². The number of hydrogen-bond donors (Lipinski definition) is 3. The van der Waals surface area contributed by atoms with Crippen LogP contribution in [0.1, 0.15) is 23.1 Å². The second kappa shape index (κ2) is 8.33. The van der Waals surface area contributed by atoms with Gasteiger partial charge in [-0.1, -0.05) is 65.7 Å². The summed E-state index contributed by atoms with van der Waals surface area (Å²) in [6, 6.07) is 21.9. The quantitative estimate of drug-likeness (QED) is 0.396. The number of hydrogen-bond acceptors (Lipinski definition) is 4. The number of rotatable bonds is 3. The summed E-state index contributed by atoms with van der Waals surface area (Å²) in [6.07, 6.45) is 3.73. The first kappa shape index (κ1) is 20.8. The SMILES string of the molecule is N#CC1=C(S)NC(O)(c2ccccc2)C([n+]2ccccc2)C1c1ccc(Cl)c(Cl)c1. The Kier molecular flexibility index (Phi) is 5.77. The molecule has 7 heteroatoms. The molecule has 0 amide bonds. The molecule has 0 aliphatic carbocycles. The molecule has 4 rings (SSSR count). The van der Waals surface area contributed by atoms with E-state index in [1.165, 1.54) is 0 Å². The molecule has 0 saturated carbocycles. The molecule has 3 unspecified atom stereocenters. The van der Waals surface area contributed by atoms with Crippen LogP contribution in [0, 0.1) is 11.3 Å². The van der Waals surface area contributed by atoms with Crippen molar-refractivity contribution in [2.24, 2.45) is 0 Å². The van der Waals surface area contributed by atoms with Gasteiger partial charge in [-0.25, -0.2) is 0 Å². The number of nitriles is 1. The van der Waals surface area contributed by atoms with Gasteiger partial charge in [0.15, 0.2) is 12.4 Å². The van der Waals surface area contributed by atoms with Crippen molar-refractivity contribution in [1.82, 2.24) is 5.32 Å². The summed E-state index contributed by atoms with van der Waals surface area (Å²) in [4.78, 5) is 0. The Balaban J connectivity index is 2.02. The van der Waals surface area contributed by atoms with Gasteiger partial charge >= 0.3 is 0 Å². The number of aliphatic hydroxyl groups is 1. The fraction of sp³-hybridized carbons (Fsp3) is 0.130. The van der Waals surface area contributed by atoms with Gasteiger partial charge in [-0.15, -0.1) is 12.6 Å². The predicted molar refractivity (Wildman–Crippen MR) is 120 cm³/mol. The van der Waals surface area contributed by atoms with Crippen molar-refractivity contribution in [2.75, 3.05) is 0 Å². The van der Waals surface area contributed by atoms with Crippen molar-refractivity contribution < 1.29 is 9.67 Å². The number of benzene rings is 2. The average molecular weight is 455 g/mol. The summed E-state index contributed by atoms with van der Waals surface area (Å²) in [5.74, 6) is -0.531. The number of thiol groups is 1. The molecule has 2 heterocycles. The lowest BCUT2D eigenvalue weighted by Gasteiger charge is -2.42. The number of nitrogens with zero attached hydrogens (tertiary/aromatic N) is 2. The van der Waals surface area contributed by atoms with Crippen molar-refractivity contribution in [2.45, 2.75) is 17.7 Å². The zero-order valence-corrected chi connectivity index (χ0v) is 18.1. The molecule has 1 aromatic heterocycles. The highest BCUT2D eigenvalue weighted by Gasteiger charge is 2.55. The van der Waals surface area contributed by atoms with E-state index in [0.717, 1.165) is 5.56 Å². The minimum absolute atomic E-state index is 0.313. The molecule has 3 atom stereocenters. The van der Waals surface area contributed by atoms with E-state index >= 15 is 0 Å². The standard InChI is InChI=1S/C23H17Cl2N3OS/c24-18-10-9-15(13-19(18)25)20-17(14-26)22(30)27-23(29,16-7-3-1-4-8-16)21(20)28-11-5-2-6-12-28/h1-13,20-21,27,29H/p+1. The van der Waals surface area contributed by atoms with Gasteiger partial charge in [-0.05, 0) is 17.7 Å². The highest BCUT2D eigenvalue weighted by molar-refractivity contribution is 7.84. The summed E-state index contributed by atoms with van der Waals surface area (Å²) >= 11 is 17.0. The van der Waals surface area contributed by atoms with Crippen molar-refractivity contribution in [3.8, 4) is 6.07 Å². The van der Waals surface area contributed by atoms with Crippen LogP contribution in [0.3, 0.4) is 0 Å². The Hall–Kier alpha value is -2.49. The second-order valence-electron chi connectivity index (χ2n) is 7.05. The third-order valence-electron chi connectivity index (χ3n) is 5.32. The van der Waals surface area contributed by atoms with Crippen LogP contribution in [0.2, 0.25) is 10.0 Å². The highest BCUT2D eigenvalue weighted by atomic mass is 35.5. The molecular weight excluding hydrogens is 437 g/mol. The van der Waals surface area contributed by atoms with E-state index in [1.54, 1.807) is 12.1 Å². The van der Waals surface area contributed by atoms with Gasteiger partial charge in [-0.3, -0.25) is 0 Å². The molecule has 0 fully saturated rings. The van der Waals surface area contributed by atoms with E-state index in [2.05, 4.69) is 24.0 Å². The molecule has 0 saturated heterocycles. The van der Waals surface area contributed by atoms with Crippen molar-refractivity contribution >= 4 is 35.8 Å². The van der Waals surface area contributed by atoms with Crippen LogP contribution < -0.4 is 9.88 Å². The number of allylic oxidation sites excluding steroid dienone is 1. The number of nitrogens with one attached hydrogen (secondary N) is 1. The molecule has 4 nitrogen and oxygen atoms in total. The van der Waals surface area contributed by atoms with Crippen LogP contribution >= 0.6 is 35.8 Å². The molecule has 1 aliphatic rings. The molecular formula is C23H18Cl2N3OS+.